The molecule has 0 saturated carbocycles. The topological polar surface area (TPSA) is 79.4 Å². The molecule has 100 valence electrons. The maximum Gasteiger partial charge on any atom is 0.179 e. The Balaban J connectivity index is 1.56. The second-order valence-corrected chi connectivity index (χ2v) is 4.37. The van der Waals surface area contributed by atoms with Crippen LogP contribution >= 0.6 is 0 Å². The van der Waals surface area contributed by atoms with Crippen LogP contribution in [0.1, 0.15) is 11.3 Å². The van der Waals surface area contributed by atoms with Crippen molar-refractivity contribution in [2.45, 2.75) is 13.1 Å². The van der Waals surface area contributed by atoms with Gasteiger partial charge >= 0.3 is 0 Å². The van der Waals surface area contributed by atoms with Crippen molar-refractivity contribution in [3.8, 4) is 11.4 Å². The number of hydrogen-bond donors (Lipinski definition) is 2. The largest absolute Gasteiger partial charge is 0.307 e. The van der Waals surface area contributed by atoms with Crippen LogP contribution in [0.3, 0.4) is 0 Å². The second kappa shape index (κ2) is 6.03. The van der Waals surface area contributed by atoms with Crippen LogP contribution in [0.5, 0.6) is 0 Å². The number of nitrogens with zero attached hydrogens (tertiary/aromatic N) is 4. The molecule has 0 aliphatic rings. The van der Waals surface area contributed by atoms with Crippen LogP contribution < -0.4 is 5.32 Å². The van der Waals surface area contributed by atoms with E-state index in [1.54, 1.807) is 6.20 Å². The van der Waals surface area contributed by atoms with Crippen LogP contribution in [-0.2, 0) is 13.1 Å². The van der Waals surface area contributed by atoms with Gasteiger partial charge in [0.1, 0.15) is 0 Å². The third-order valence-corrected chi connectivity index (χ3v) is 2.93. The first-order valence-corrected chi connectivity index (χ1v) is 6.35. The standard InChI is InChI=1S/C14H14N6/c1-2-8-16-13(3-1)10-15-9-11-4-6-12(7-5-11)14-17-19-20-18-14/h1-8,15H,9-10H2,(H,17,18,19,20). The van der Waals surface area contributed by atoms with Crippen molar-refractivity contribution in [3.63, 3.8) is 0 Å². The quantitative estimate of drug-likeness (QED) is 0.732. The number of nitrogens with one attached hydrogen (secondary N) is 2. The maximum atomic E-state index is 4.27. The minimum absolute atomic E-state index is 0.679. The lowest BCUT2D eigenvalue weighted by Gasteiger charge is -2.05. The minimum atomic E-state index is 0.679. The Kier molecular flexibility index (Phi) is 3.75. The molecule has 0 bridgehead atoms. The monoisotopic (exact) mass is 266 g/mol. The highest BCUT2D eigenvalue weighted by Gasteiger charge is 2.01. The maximum absolute atomic E-state index is 4.27. The molecule has 0 aliphatic heterocycles. The zero-order valence-electron chi connectivity index (χ0n) is 10.8. The molecule has 0 radical (unpaired) electrons. The van der Waals surface area contributed by atoms with Crippen molar-refractivity contribution in [3.05, 3.63) is 59.9 Å². The molecule has 3 aromatic rings. The van der Waals surface area contributed by atoms with E-state index in [1.807, 2.05) is 30.3 Å². The Hall–Kier alpha value is -2.60. The SMILES string of the molecule is c1ccc(CNCc2ccc(-c3nnn[nH]3)cc2)nc1. The first-order valence-electron chi connectivity index (χ1n) is 6.35. The van der Waals surface area contributed by atoms with E-state index < -0.39 is 0 Å². The third-order valence-electron chi connectivity index (χ3n) is 2.93. The summed E-state index contributed by atoms with van der Waals surface area (Å²) in [4.78, 5) is 4.27. The van der Waals surface area contributed by atoms with Gasteiger partial charge in [-0.1, -0.05) is 30.3 Å². The number of tetrazole rings is 1. The number of rotatable bonds is 5. The number of aromatic nitrogens is 5. The van der Waals surface area contributed by atoms with Crippen LogP contribution in [0.4, 0.5) is 0 Å². The summed E-state index contributed by atoms with van der Waals surface area (Å²) in [6.07, 6.45) is 1.80. The fourth-order valence-corrected chi connectivity index (χ4v) is 1.90. The van der Waals surface area contributed by atoms with Crippen molar-refractivity contribution < 1.29 is 0 Å². The van der Waals surface area contributed by atoms with Gasteiger partial charge in [-0.2, -0.15) is 0 Å². The Morgan fingerprint density at radius 2 is 1.90 bits per heavy atom. The van der Waals surface area contributed by atoms with Gasteiger partial charge in [-0.05, 0) is 28.1 Å². The Labute approximate surface area is 116 Å². The molecule has 1 aromatic carbocycles. The van der Waals surface area contributed by atoms with Crippen LogP contribution in [-0.4, -0.2) is 25.6 Å². The highest BCUT2D eigenvalue weighted by Crippen LogP contribution is 2.13. The highest BCUT2D eigenvalue weighted by molar-refractivity contribution is 5.54. The van der Waals surface area contributed by atoms with Gasteiger partial charge in [0.25, 0.3) is 0 Å². The average molecular weight is 266 g/mol. The van der Waals surface area contributed by atoms with Gasteiger partial charge in [-0.15, -0.1) is 5.10 Å². The average Bonchev–Trinajstić information content (AvgIpc) is 3.03. The molecule has 0 spiro atoms. The van der Waals surface area contributed by atoms with Gasteiger partial charge in [-0.25, -0.2) is 5.10 Å². The van der Waals surface area contributed by atoms with E-state index >= 15 is 0 Å². The predicted octanol–water partition coefficient (Wildman–Crippen LogP) is 1.55. The van der Waals surface area contributed by atoms with Gasteiger partial charge in [-0.3, -0.25) is 4.98 Å². The van der Waals surface area contributed by atoms with Gasteiger partial charge in [0.15, 0.2) is 5.82 Å². The van der Waals surface area contributed by atoms with Gasteiger partial charge in [0.2, 0.25) is 0 Å². The van der Waals surface area contributed by atoms with Gasteiger partial charge in [0.05, 0.1) is 5.69 Å². The molecule has 0 saturated heterocycles. The Morgan fingerprint density at radius 1 is 1.00 bits per heavy atom. The molecule has 0 fully saturated rings. The van der Waals surface area contributed by atoms with Crippen molar-refractivity contribution >= 4 is 0 Å². The normalized spacial score (nSPS) is 10.6. The first-order chi connectivity index (χ1) is 9.92. The molecule has 0 aliphatic carbocycles. The number of hydrogen-bond acceptors (Lipinski definition) is 5. The summed E-state index contributed by atoms with van der Waals surface area (Å²) in [6.45, 7) is 1.56. The first kappa shape index (κ1) is 12.4. The lowest BCUT2D eigenvalue weighted by molar-refractivity contribution is 0.680. The van der Waals surface area contributed by atoms with Gasteiger partial charge < -0.3 is 5.32 Å². The lowest BCUT2D eigenvalue weighted by Crippen LogP contribution is -2.13. The third kappa shape index (κ3) is 3.04. The molecule has 2 N–H and O–H groups in total. The molecule has 20 heavy (non-hydrogen) atoms. The van der Waals surface area contributed by atoms with Crippen molar-refractivity contribution in [1.82, 2.24) is 30.9 Å². The van der Waals surface area contributed by atoms with Crippen LogP contribution in [0, 0.1) is 0 Å². The predicted molar refractivity (Wildman–Crippen MR) is 74.4 cm³/mol. The molecular weight excluding hydrogens is 252 g/mol. The zero-order valence-corrected chi connectivity index (χ0v) is 10.8. The molecule has 0 amide bonds. The number of H-pyrrole nitrogens is 1. The fourth-order valence-electron chi connectivity index (χ4n) is 1.90. The fraction of sp³-hybridized carbons (Fsp3) is 0.143. The second-order valence-electron chi connectivity index (χ2n) is 4.37. The summed E-state index contributed by atoms with van der Waals surface area (Å²) in [5.74, 6) is 0.679. The van der Waals surface area contributed by atoms with Crippen molar-refractivity contribution in [2.24, 2.45) is 0 Å². The number of benzene rings is 1. The number of pyridine rings is 1. The molecule has 0 atom stereocenters. The Morgan fingerprint density at radius 3 is 2.60 bits per heavy atom. The molecule has 6 heteroatoms. The molecule has 0 unspecified atom stereocenters. The number of aromatic amines is 1. The van der Waals surface area contributed by atoms with E-state index in [-0.39, 0.29) is 0 Å². The van der Waals surface area contributed by atoms with E-state index in [0.717, 1.165) is 24.3 Å². The van der Waals surface area contributed by atoms with Crippen LogP contribution in [0.2, 0.25) is 0 Å². The van der Waals surface area contributed by atoms with Crippen LogP contribution in [0.25, 0.3) is 11.4 Å². The molecule has 3 rings (SSSR count). The summed E-state index contributed by atoms with van der Waals surface area (Å²) in [5, 5.41) is 17.1. The summed E-state index contributed by atoms with van der Waals surface area (Å²) in [5.41, 5.74) is 3.22. The van der Waals surface area contributed by atoms with Crippen LogP contribution in [0.15, 0.2) is 48.7 Å². The van der Waals surface area contributed by atoms with Crippen molar-refractivity contribution in [2.75, 3.05) is 0 Å². The van der Waals surface area contributed by atoms with Gasteiger partial charge in [0, 0.05) is 24.8 Å². The van der Waals surface area contributed by atoms with E-state index in [1.165, 1.54) is 5.56 Å². The summed E-state index contributed by atoms with van der Waals surface area (Å²) in [7, 11) is 0. The lowest BCUT2D eigenvalue weighted by atomic mass is 10.1. The van der Waals surface area contributed by atoms with E-state index in [2.05, 4.69) is 43.1 Å². The highest BCUT2D eigenvalue weighted by atomic mass is 15.5. The van der Waals surface area contributed by atoms with E-state index in [9.17, 15) is 0 Å². The Bertz CT molecular complexity index is 633. The molecule has 2 heterocycles. The van der Waals surface area contributed by atoms with E-state index in [0.29, 0.717) is 5.82 Å². The summed E-state index contributed by atoms with van der Waals surface area (Å²) < 4.78 is 0. The molecule has 2 aromatic heterocycles. The smallest absolute Gasteiger partial charge is 0.179 e. The molecular formula is C14H14N6. The zero-order chi connectivity index (χ0) is 13.6. The summed E-state index contributed by atoms with van der Waals surface area (Å²) >= 11 is 0. The minimum Gasteiger partial charge on any atom is -0.307 e. The summed E-state index contributed by atoms with van der Waals surface area (Å²) in [6, 6.07) is 14.0. The van der Waals surface area contributed by atoms with Crippen molar-refractivity contribution in [1.29, 1.82) is 0 Å². The molecule has 6 nitrogen and oxygen atoms in total. The van der Waals surface area contributed by atoms with E-state index in [4.69, 9.17) is 0 Å².